The van der Waals surface area contributed by atoms with Crippen LogP contribution in [-0.2, 0) is 19.6 Å². The minimum Gasteiger partial charge on any atom is -0.427 e. The van der Waals surface area contributed by atoms with Crippen molar-refractivity contribution in [1.82, 2.24) is 5.43 Å². The number of amides is 1. The lowest BCUT2D eigenvalue weighted by Gasteiger charge is -2.23. The number of nitrogens with zero attached hydrogens (tertiary/aromatic N) is 2. The molecule has 0 bridgehead atoms. The second-order valence-electron chi connectivity index (χ2n) is 6.16. The first-order chi connectivity index (χ1) is 13.6. The lowest BCUT2D eigenvalue weighted by Crippen LogP contribution is -2.39. The van der Waals surface area contributed by atoms with Gasteiger partial charge in [0.25, 0.3) is 5.91 Å². The predicted molar refractivity (Wildman–Crippen MR) is 112 cm³/mol. The molecule has 10 heteroatoms. The van der Waals surface area contributed by atoms with Crippen LogP contribution in [0, 0.1) is 6.92 Å². The summed E-state index contributed by atoms with van der Waals surface area (Å²) in [5, 5.41) is 4.29. The van der Waals surface area contributed by atoms with Crippen molar-refractivity contribution in [3.8, 4) is 5.75 Å². The Morgan fingerprint density at radius 3 is 2.41 bits per heavy atom. The van der Waals surface area contributed by atoms with Crippen LogP contribution in [0.3, 0.4) is 0 Å². The van der Waals surface area contributed by atoms with E-state index in [1.165, 1.54) is 13.1 Å². The maximum atomic E-state index is 12.2. The summed E-state index contributed by atoms with van der Waals surface area (Å²) in [4.78, 5) is 23.1. The minimum atomic E-state index is -3.70. The van der Waals surface area contributed by atoms with Crippen molar-refractivity contribution < 1.29 is 22.7 Å². The molecular weight excluding hydrogens is 418 g/mol. The number of nitrogens with one attached hydrogen (secondary N) is 1. The molecule has 29 heavy (non-hydrogen) atoms. The molecule has 1 amide bonds. The first kappa shape index (κ1) is 22.4. The molecule has 2 rings (SSSR count). The molecule has 2 aromatic rings. The van der Waals surface area contributed by atoms with E-state index in [1.54, 1.807) is 49.4 Å². The normalized spacial score (nSPS) is 11.3. The van der Waals surface area contributed by atoms with Crippen LogP contribution in [0.5, 0.6) is 5.75 Å². The van der Waals surface area contributed by atoms with Crippen LogP contribution in [0.1, 0.15) is 18.1 Å². The Labute approximate surface area is 174 Å². The molecule has 1 N–H and O–H groups in total. The van der Waals surface area contributed by atoms with Gasteiger partial charge in [0, 0.05) is 11.9 Å². The van der Waals surface area contributed by atoms with Crippen LogP contribution in [0.25, 0.3) is 0 Å². The lowest BCUT2D eigenvalue weighted by molar-refractivity contribution is -0.131. The highest BCUT2D eigenvalue weighted by Gasteiger charge is 2.22. The molecule has 0 aromatic heterocycles. The van der Waals surface area contributed by atoms with Crippen molar-refractivity contribution >= 4 is 45.4 Å². The number of hydrazone groups is 1. The molecule has 0 heterocycles. The third kappa shape index (κ3) is 6.88. The van der Waals surface area contributed by atoms with Crippen molar-refractivity contribution in [2.45, 2.75) is 13.8 Å². The van der Waals surface area contributed by atoms with Crippen LogP contribution in [-0.4, -0.2) is 39.3 Å². The number of sulfonamides is 1. The molecule has 8 nitrogen and oxygen atoms in total. The Kier molecular flexibility index (Phi) is 7.35. The molecule has 0 aliphatic carbocycles. The topological polar surface area (TPSA) is 105 Å². The van der Waals surface area contributed by atoms with Gasteiger partial charge in [0.2, 0.25) is 10.0 Å². The van der Waals surface area contributed by atoms with Crippen LogP contribution >= 0.6 is 11.6 Å². The van der Waals surface area contributed by atoms with Crippen LogP contribution in [0.15, 0.2) is 47.6 Å². The predicted octanol–water partition coefficient (Wildman–Crippen LogP) is 2.49. The van der Waals surface area contributed by atoms with Crippen molar-refractivity contribution in [3.63, 3.8) is 0 Å². The van der Waals surface area contributed by atoms with Gasteiger partial charge < -0.3 is 4.74 Å². The summed E-state index contributed by atoms with van der Waals surface area (Å²) in [5.41, 5.74) is 3.92. The fraction of sp³-hybridized carbons (Fsp3) is 0.211. The summed E-state index contributed by atoms with van der Waals surface area (Å²) in [7, 11) is -3.70. The largest absolute Gasteiger partial charge is 0.427 e. The number of ether oxygens (including phenoxy) is 1. The third-order valence-corrected chi connectivity index (χ3v) is 5.02. The fourth-order valence-corrected chi connectivity index (χ4v) is 3.55. The van der Waals surface area contributed by atoms with Crippen molar-refractivity contribution in [2.24, 2.45) is 5.10 Å². The first-order valence-corrected chi connectivity index (χ1v) is 10.6. The zero-order valence-corrected chi connectivity index (χ0v) is 17.6. The second-order valence-corrected chi connectivity index (χ2v) is 8.50. The van der Waals surface area contributed by atoms with Gasteiger partial charge in [-0.05, 0) is 60.5 Å². The van der Waals surface area contributed by atoms with Crippen molar-refractivity contribution in [3.05, 3.63) is 58.6 Å². The second kappa shape index (κ2) is 9.53. The van der Waals surface area contributed by atoms with E-state index in [-0.39, 0.29) is 0 Å². The number of hydrogen-bond donors (Lipinski definition) is 1. The Hall–Kier alpha value is -2.91. The molecule has 0 saturated heterocycles. The van der Waals surface area contributed by atoms with Gasteiger partial charge in [-0.3, -0.25) is 13.9 Å². The number of aryl methyl sites for hydroxylation is 1. The highest BCUT2D eigenvalue weighted by Crippen LogP contribution is 2.25. The first-order valence-electron chi connectivity index (χ1n) is 8.40. The summed E-state index contributed by atoms with van der Waals surface area (Å²) in [6.45, 7) is 2.56. The number of hydrogen-bond acceptors (Lipinski definition) is 6. The van der Waals surface area contributed by atoms with E-state index in [9.17, 15) is 18.0 Å². The van der Waals surface area contributed by atoms with Gasteiger partial charge in [-0.2, -0.15) is 5.10 Å². The van der Waals surface area contributed by atoms with Gasteiger partial charge in [0.15, 0.2) is 0 Å². The lowest BCUT2D eigenvalue weighted by atomic mass is 10.2. The molecule has 0 fully saturated rings. The molecule has 0 radical (unpaired) electrons. The van der Waals surface area contributed by atoms with Gasteiger partial charge >= 0.3 is 5.97 Å². The fourth-order valence-electron chi connectivity index (χ4n) is 2.41. The third-order valence-electron chi connectivity index (χ3n) is 3.66. The molecule has 0 unspecified atom stereocenters. The highest BCUT2D eigenvalue weighted by atomic mass is 35.5. The zero-order chi connectivity index (χ0) is 21.6. The SMILES string of the molecule is CC(=O)Oc1ccc(/C=N\NC(=O)CN(c2ccc(Cl)cc2C)S(C)(=O)=O)cc1. The maximum Gasteiger partial charge on any atom is 0.308 e. The quantitative estimate of drug-likeness (QED) is 0.310. The molecule has 2 aromatic carbocycles. The van der Waals surface area contributed by atoms with Gasteiger partial charge in [-0.25, -0.2) is 13.8 Å². The average molecular weight is 438 g/mol. The zero-order valence-electron chi connectivity index (χ0n) is 16.0. The Balaban J connectivity index is 2.05. The number of carbonyl (C=O) groups is 2. The van der Waals surface area contributed by atoms with Crippen molar-refractivity contribution in [1.29, 1.82) is 0 Å². The molecular formula is C19H20ClN3O5S. The molecule has 0 aliphatic heterocycles. The van der Waals surface area contributed by atoms with E-state index in [1.807, 2.05) is 0 Å². The summed E-state index contributed by atoms with van der Waals surface area (Å²) < 4.78 is 30.2. The van der Waals surface area contributed by atoms with Gasteiger partial charge in [0.05, 0.1) is 18.2 Å². The number of halogens is 1. The van der Waals surface area contributed by atoms with Crippen LogP contribution in [0.4, 0.5) is 5.69 Å². The Morgan fingerprint density at radius 1 is 1.21 bits per heavy atom. The summed E-state index contributed by atoms with van der Waals surface area (Å²) >= 11 is 5.91. The van der Waals surface area contributed by atoms with E-state index in [4.69, 9.17) is 16.3 Å². The molecule has 154 valence electrons. The number of esters is 1. The van der Waals surface area contributed by atoms with E-state index in [0.29, 0.717) is 27.6 Å². The maximum absolute atomic E-state index is 12.2. The van der Waals surface area contributed by atoms with Gasteiger partial charge in [-0.1, -0.05) is 11.6 Å². The van der Waals surface area contributed by atoms with Crippen molar-refractivity contribution in [2.75, 3.05) is 17.1 Å². The number of anilines is 1. The van der Waals surface area contributed by atoms with Crippen LogP contribution in [0.2, 0.25) is 5.02 Å². The standard InChI is InChI=1S/C19H20ClN3O5S/c1-13-10-16(20)6-9-18(13)23(29(3,26)27)12-19(25)22-21-11-15-4-7-17(8-5-15)28-14(2)24/h4-11H,12H2,1-3H3,(H,22,25)/b21-11-. The molecule has 0 atom stereocenters. The monoisotopic (exact) mass is 437 g/mol. The van der Waals surface area contributed by atoms with E-state index < -0.39 is 28.4 Å². The smallest absolute Gasteiger partial charge is 0.308 e. The van der Waals surface area contributed by atoms with E-state index in [0.717, 1.165) is 10.6 Å². The van der Waals surface area contributed by atoms with E-state index in [2.05, 4.69) is 10.5 Å². The minimum absolute atomic E-state index is 0.358. The van der Waals surface area contributed by atoms with E-state index >= 15 is 0 Å². The highest BCUT2D eigenvalue weighted by molar-refractivity contribution is 7.92. The van der Waals surface area contributed by atoms with Gasteiger partial charge in [0.1, 0.15) is 12.3 Å². The average Bonchev–Trinajstić information content (AvgIpc) is 2.60. The Bertz CT molecular complexity index is 1040. The van der Waals surface area contributed by atoms with Crippen LogP contribution < -0.4 is 14.5 Å². The number of carbonyl (C=O) groups excluding carboxylic acids is 2. The Morgan fingerprint density at radius 2 is 1.86 bits per heavy atom. The van der Waals surface area contributed by atoms with Gasteiger partial charge in [-0.15, -0.1) is 0 Å². The number of rotatable bonds is 7. The number of benzene rings is 2. The summed E-state index contributed by atoms with van der Waals surface area (Å²) in [6.07, 6.45) is 2.40. The molecule has 0 saturated carbocycles. The summed E-state index contributed by atoms with van der Waals surface area (Å²) in [6, 6.07) is 11.2. The molecule has 0 aliphatic rings. The summed E-state index contributed by atoms with van der Waals surface area (Å²) in [5.74, 6) is -0.650. The molecule has 0 spiro atoms.